The molecule has 5 aromatic carbocycles. The van der Waals surface area contributed by atoms with Gasteiger partial charge in [-0.1, -0.05) is 76.5 Å². The highest BCUT2D eigenvalue weighted by Crippen LogP contribution is 2.54. The monoisotopic (exact) mass is 848 g/mol. The largest absolute Gasteiger partial charge is 0.871 e. The molecule has 0 amide bonds. The van der Waals surface area contributed by atoms with E-state index in [2.05, 4.69) is 180 Å². The third-order valence-electron chi connectivity index (χ3n) is 11.6. The van der Waals surface area contributed by atoms with Crippen molar-refractivity contribution in [3.63, 3.8) is 0 Å². The van der Waals surface area contributed by atoms with Gasteiger partial charge in [0.2, 0.25) is 17.1 Å². The Kier molecular flexibility index (Phi) is 8.76. The van der Waals surface area contributed by atoms with Crippen molar-refractivity contribution in [1.82, 2.24) is 4.58 Å². The molecule has 290 valence electrons. The van der Waals surface area contributed by atoms with E-state index in [1.54, 1.807) is 45.3 Å². The molecule has 8 heteroatoms. The number of carbonyl (C=O) groups excluding carboxylic acids is 1. The van der Waals surface area contributed by atoms with Crippen LogP contribution in [-0.4, -0.2) is 11.5 Å². The summed E-state index contributed by atoms with van der Waals surface area (Å²) in [6.07, 6.45) is 0. The van der Waals surface area contributed by atoms with Crippen LogP contribution in [0.15, 0.2) is 154 Å². The molecule has 0 spiro atoms. The minimum atomic E-state index is -0.187. The summed E-state index contributed by atoms with van der Waals surface area (Å²) in [5, 5.41) is 25.3. The minimum absolute atomic E-state index is 0.187. The molecule has 2 aliphatic carbocycles. The Bertz CT molecular complexity index is 3110. The van der Waals surface area contributed by atoms with Crippen LogP contribution >= 0.6 is 45.3 Å². The van der Waals surface area contributed by atoms with Crippen molar-refractivity contribution < 1.29 is 9.90 Å². The van der Waals surface area contributed by atoms with Gasteiger partial charge in [-0.2, -0.15) is 4.58 Å². The van der Waals surface area contributed by atoms with E-state index in [1.165, 1.54) is 22.3 Å². The number of anilines is 3. The Morgan fingerprint density at radius 1 is 0.483 bits per heavy atom. The van der Waals surface area contributed by atoms with Crippen molar-refractivity contribution >= 4 is 117 Å². The normalized spacial score (nSPS) is 14.8. The summed E-state index contributed by atoms with van der Waals surface area (Å²) in [5.41, 5.74) is 15.1. The number of fused-ring (bicyclic) bond motifs is 4. The molecule has 11 rings (SSSR count). The summed E-state index contributed by atoms with van der Waals surface area (Å²) >= 11 is 6.48. The van der Waals surface area contributed by atoms with Gasteiger partial charge in [-0.05, 0) is 97.7 Å². The molecule has 0 unspecified atom stereocenters. The molecule has 4 nitrogen and oxygen atoms in total. The molecule has 0 bridgehead atoms. The van der Waals surface area contributed by atoms with Crippen LogP contribution in [0.1, 0.15) is 48.7 Å². The summed E-state index contributed by atoms with van der Waals surface area (Å²) in [4.78, 5) is 19.3. The quantitative estimate of drug-likeness (QED) is 0.124. The van der Waals surface area contributed by atoms with Gasteiger partial charge in [-0.3, -0.25) is 4.79 Å². The Morgan fingerprint density at radius 2 is 0.967 bits per heavy atom. The van der Waals surface area contributed by atoms with Gasteiger partial charge in [0.05, 0.1) is 16.0 Å². The molecule has 60 heavy (non-hydrogen) atoms. The predicted molar refractivity (Wildman–Crippen MR) is 255 cm³/mol. The maximum atomic E-state index is 15.0. The third kappa shape index (κ3) is 5.66. The van der Waals surface area contributed by atoms with Gasteiger partial charge in [0.25, 0.3) is 0 Å². The van der Waals surface area contributed by atoms with Gasteiger partial charge in [-0.25, -0.2) is 0 Å². The van der Waals surface area contributed by atoms with Crippen molar-refractivity contribution in [3.05, 3.63) is 203 Å². The fraction of sp³-hybridized carbons (Fsp3) is 0.0769. The van der Waals surface area contributed by atoms with E-state index in [1.807, 2.05) is 0 Å². The summed E-state index contributed by atoms with van der Waals surface area (Å²) in [7, 11) is 0. The van der Waals surface area contributed by atoms with Crippen LogP contribution < -0.4 is 14.6 Å². The van der Waals surface area contributed by atoms with Gasteiger partial charge < -0.3 is 10.0 Å². The third-order valence-corrected chi connectivity index (χ3v) is 15.3. The zero-order valence-corrected chi connectivity index (χ0v) is 36.5. The van der Waals surface area contributed by atoms with Gasteiger partial charge in [0.1, 0.15) is 4.88 Å². The van der Waals surface area contributed by atoms with E-state index in [0.717, 1.165) is 86.3 Å². The highest BCUT2D eigenvalue weighted by atomic mass is 32.1. The van der Waals surface area contributed by atoms with Crippen molar-refractivity contribution in [3.8, 4) is 0 Å². The number of hydrogen-bond acceptors (Lipinski definition) is 7. The average Bonchev–Trinajstić information content (AvgIpc) is 4.10. The standard InChI is InChI=1S/C52H36N2O2S4/c1-29-5-13-33(14-6-29)53(34-15-7-30(2)8-16-34)45-39-23-27-57-49(39)41(37-21-25-59-51(37)45)43-47(55)44(48(43)56)42-38-22-26-60-52(38)46(40-24-28-58-50(40)42)54(35-17-9-31(3)10-18-35)36-19-11-32(4)12-20-36/h5-28H,1-4H3. The lowest BCUT2D eigenvalue weighted by atomic mass is 9.76. The van der Waals surface area contributed by atoms with Crippen molar-refractivity contribution in [2.75, 3.05) is 4.90 Å². The maximum Gasteiger partial charge on any atom is 0.238 e. The number of ketones is 1. The summed E-state index contributed by atoms with van der Waals surface area (Å²) in [5.74, 6) is -0.375. The average molecular weight is 849 g/mol. The van der Waals surface area contributed by atoms with Crippen LogP contribution in [0.4, 0.5) is 28.4 Å². The Labute approximate surface area is 364 Å². The van der Waals surface area contributed by atoms with Crippen molar-refractivity contribution in [2.45, 2.75) is 27.7 Å². The van der Waals surface area contributed by atoms with Crippen LogP contribution in [0.25, 0.3) is 31.3 Å². The van der Waals surface area contributed by atoms with E-state index >= 15 is 0 Å². The number of carbonyl (C=O) groups is 1. The summed E-state index contributed by atoms with van der Waals surface area (Å²) in [6, 6.07) is 42.9. The molecule has 0 fully saturated rings. The predicted octanol–water partition coefficient (Wildman–Crippen LogP) is 13.8. The molecular formula is C52H36N2O2S4. The zero-order valence-electron chi connectivity index (χ0n) is 33.2. The lowest BCUT2D eigenvalue weighted by Crippen LogP contribution is -2.32. The first-order valence-corrected chi connectivity index (χ1v) is 23.3. The Morgan fingerprint density at radius 3 is 1.53 bits per heavy atom. The van der Waals surface area contributed by atoms with E-state index in [-0.39, 0.29) is 22.7 Å². The van der Waals surface area contributed by atoms with E-state index in [9.17, 15) is 9.90 Å². The van der Waals surface area contributed by atoms with Crippen LogP contribution in [-0.2, 0) is 4.79 Å². The molecule has 2 aliphatic rings. The van der Waals surface area contributed by atoms with Crippen molar-refractivity contribution in [2.24, 2.45) is 0 Å². The second-order valence-corrected chi connectivity index (χ2v) is 19.2. The van der Waals surface area contributed by atoms with Crippen LogP contribution in [0.2, 0.25) is 0 Å². The van der Waals surface area contributed by atoms with Crippen molar-refractivity contribution in [1.29, 1.82) is 0 Å². The molecule has 0 radical (unpaired) electrons. The molecule has 0 saturated carbocycles. The molecule has 0 saturated heterocycles. The summed E-state index contributed by atoms with van der Waals surface area (Å²) < 4.78 is 4.30. The molecule has 0 atom stereocenters. The fourth-order valence-electron chi connectivity index (χ4n) is 8.63. The number of allylic oxidation sites excluding steroid dienone is 2. The molecule has 4 heterocycles. The number of hydrogen-bond donors (Lipinski definition) is 0. The highest BCUT2D eigenvalue weighted by molar-refractivity contribution is 7.20. The number of thiophene rings is 4. The molecular weight excluding hydrogens is 813 g/mol. The van der Waals surface area contributed by atoms with Gasteiger partial charge in [-0.15, -0.1) is 45.3 Å². The lowest BCUT2D eigenvalue weighted by molar-refractivity contribution is -0.297. The number of nitrogens with zero attached hydrogens (tertiary/aromatic N) is 2. The number of benzene rings is 5. The Balaban J connectivity index is 1.12. The lowest BCUT2D eigenvalue weighted by Gasteiger charge is -2.35. The van der Waals surface area contributed by atoms with Crippen LogP contribution in [0, 0.1) is 27.7 Å². The maximum absolute atomic E-state index is 15.0. The molecule has 0 aliphatic heterocycles. The number of rotatable bonds is 6. The number of aryl methyl sites for hydroxylation is 4. The van der Waals surface area contributed by atoms with Gasteiger partial charge in [0.15, 0.2) is 5.78 Å². The second kappa shape index (κ2) is 14.2. The van der Waals surface area contributed by atoms with E-state index in [0.29, 0.717) is 0 Å². The fourth-order valence-corrected chi connectivity index (χ4v) is 12.4. The van der Waals surface area contributed by atoms with Gasteiger partial charge in [0, 0.05) is 83.8 Å². The first-order valence-electron chi connectivity index (χ1n) is 19.8. The van der Waals surface area contributed by atoms with Gasteiger partial charge >= 0.3 is 0 Å². The first kappa shape index (κ1) is 36.9. The second-order valence-electron chi connectivity index (χ2n) is 15.5. The van der Waals surface area contributed by atoms with E-state index in [4.69, 9.17) is 0 Å². The molecule has 4 aromatic heterocycles. The highest BCUT2D eigenvalue weighted by Gasteiger charge is 2.42. The first-order chi connectivity index (χ1) is 29.3. The van der Waals surface area contributed by atoms with Crippen LogP contribution in [0.3, 0.4) is 0 Å². The van der Waals surface area contributed by atoms with Crippen LogP contribution in [0.5, 0.6) is 0 Å². The minimum Gasteiger partial charge on any atom is -0.871 e. The zero-order chi connectivity index (χ0) is 40.8. The topological polar surface area (TPSA) is 46.4 Å². The summed E-state index contributed by atoms with van der Waals surface area (Å²) in [6.45, 7) is 8.41. The number of Topliss-reactive ketones (excluding diaryl/α,β-unsaturated/α-hetero) is 1. The van der Waals surface area contributed by atoms with E-state index < -0.39 is 0 Å². The SMILES string of the molecule is Cc1ccc(N(c2ccc(C)cc2)c2c3ccsc3c(C3=C([O-])/C(=C4\c5ccsc5C(=[N+](c5ccc(C)cc5)c5ccc(C)cc5)c5ccsc54)C3=O)c3ccsc23)cc1. The molecule has 0 N–H and O–H groups in total. The smallest absolute Gasteiger partial charge is 0.238 e. The Hall–Kier alpha value is -6.16. The molecule has 9 aromatic rings.